The lowest BCUT2D eigenvalue weighted by Crippen LogP contribution is -2.47. The van der Waals surface area contributed by atoms with Gasteiger partial charge < -0.3 is 5.32 Å². The SMILES string of the molecule is Cc1nc(-c2ccccc2)ccc1C(=O)NC1C[C@@H](C(F)(F)F)C[C@H](C(F)(F)F)C1. The summed E-state index contributed by atoms with van der Waals surface area (Å²) in [6.07, 6.45) is -11.7. The lowest BCUT2D eigenvalue weighted by Gasteiger charge is -2.37. The zero-order valence-electron chi connectivity index (χ0n) is 16.0. The van der Waals surface area contributed by atoms with E-state index < -0.39 is 55.4 Å². The third-order valence-electron chi connectivity index (χ3n) is 5.37. The average Bonchev–Trinajstić information content (AvgIpc) is 2.67. The highest BCUT2D eigenvalue weighted by atomic mass is 19.4. The number of carbonyl (C=O) groups is 1. The van der Waals surface area contributed by atoms with Crippen molar-refractivity contribution >= 4 is 5.91 Å². The number of aryl methyl sites for hydroxylation is 1. The van der Waals surface area contributed by atoms with E-state index >= 15 is 0 Å². The molecule has 0 saturated heterocycles. The molecule has 1 aromatic carbocycles. The van der Waals surface area contributed by atoms with E-state index in [9.17, 15) is 31.1 Å². The van der Waals surface area contributed by atoms with Crippen molar-refractivity contribution in [2.75, 3.05) is 0 Å². The van der Waals surface area contributed by atoms with Crippen LogP contribution in [0, 0.1) is 18.8 Å². The number of halogens is 6. The molecule has 2 aromatic rings. The number of hydrogen-bond acceptors (Lipinski definition) is 2. The molecule has 0 aliphatic heterocycles. The van der Waals surface area contributed by atoms with E-state index in [1.807, 2.05) is 30.3 Å². The van der Waals surface area contributed by atoms with Gasteiger partial charge in [-0.2, -0.15) is 26.3 Å². The van der Waals surface area contributed by atoms with E-state index in [4.69, 9.17) is 0 Å². The number of nitrogens with one attached hydrogen (secondary N) is 1. The normalized spacial score (nSPS) is 22.6. The average molecular weight is 430 g/mol. The smallest absolute Gasteiger partial charge is 0.349 e. The first kappa shape index (κ1) is 22.1. The molecule has 0 radical (unpaired) electrons. The van der Waals surface area contributed by atoms with Gasteiger partial charge in [-0.1, -0.05) is 30.3 Å². The van der Waals surface area contributed by atoms with Crippen molar-refractivity contribution < 1.29 is 31.1 Å². The van der Waals surface area contributed by atoms with Crippen LogP contribution in [0.5, 0.6) is 0 Å². The topological polar surface area (TPSA) is 42.0 Å². The number of rotatable bonds is 3. The molecule has 1 amide bonds. The summed E-state index contributed by atoms with van der Waals surface area (Å²) < 4.78 is 78.7. The second-order valence-electron chi connectivity index (χ2n) is 7.55. The van der Waals surface area contributed by atoms with Crippen molar-refractivity contribution in [3.63, 3.8) is 0 Å². The van der Waals surface area contributed by atoms with Crippen LogP contribution >= 0.6 is 0 Å². The monoisotopic (exact) mass is 430 g/mol. The second-order valence-corrected chi connectivity index (χ2v) is 7.55. The molecule has 0 unspecified atom stereocenters. The number of amides is 1. The second kappa shape index (κ2) is 8.28. The molecular weight excluding hydrogens is 410 g/mol. The van der Waals surface area contributed by atoms with Gasteiger partial charge in [0.2, 0.25) is 0 Å². The molecule has 1 saturated carbocycles. The zero-order chi connectivity index (χ0) is 22.1. The van der Waals surface area contributed by atoms with Gasteiger partial charge in [0.1, 0.15) is 0 Å². The summed E-state index contributed by atoms with van der Waals surface area (Å²) in [5.74, 6) is -4.95. The predicted octanol–water partition coefficient (Wildman–Crippen LogP) is 5.70. The molecule has 1 aromatic heterocycles. The van der Waals surface area contributed by atoms with E-state index in [-0.39, 0.29) is 5.56 Å². The zero-order valence-corrected chi connectivity index (χ0v) is 16.0. The van der Waals surface area contributed by atoms with Gasteiger partial charge in [-0.3, -0.25) is 9.78 Å². The number of aromatic nitrogens is 1. The van der Waals surface area contributed by atoms with E-state index in [0.29, 0.717) is 11.4 Å². The van der Waals surface area contributed by atoms with Crippen LogP contribution in [-0.4, -0.2) is 29.3 Å². The molecule has 1 aliphatic carbocycles. The molecule has 30 heavy (non-hydrogen) atoms. The minimum absolute atomic E-state index is 0.118. The maximum Gasteiger partial charge on any atom is 0.391 e. The van der Waals surface area contributed by atoms with Gasteiger partial charge in [-0.25, -0.2) is 0 Å². The van der Waals surface area contributed by atoms with Gasteiger partial charge in [-0.05, 0) is 38.3 Å². The van der Waals surface area contributed by atoms with Crippen molar-refractivity contribution in [2.45, 2.75) is 44.6 Å². The van der Waals surface area contributed by atoms with Crippen LogP contribution in [0.1, 0.15) is 35.3 Å². The number of nitrogens with zero attached hydrogens (tertiary/aromatic N) is 1. The van der Waals surface area contributed by atoms with Crippen molar-refractivity contribution in [1.82, 2.24) is 10.3 Å². The standard InChI is InChI=1S/C21H20F6N2O/c1-12-17(7-8-18(28-12)13-5-3-2-4-6-13)19(30)29-16-10-14(20(22,23)24)9-15(11-16)21(25,26)27/h2-8,14-16H,9-11H2,1H3,(H,29,30)/t14-,15-/m0/s1. The fourth-order valence-electron chi connectivity index (χ4n) is 3.81. The third-order valence-corrected chi connectivity index (χ3v) is 5.37. The molecular formula is C21H20F6N2O. The van der Waals surface area contributed by atoms with Crippen LogP contribution in [0.2, 0.25) is 0 Å². The van der Waals surface area contributed by atoms with Crippen LogP contribution in [0.15, 0.2) is 42.5 Å². The molecule has 1 fully saturated rings. The van der Waals surface area contributed by atoms with Gasteiger partial charge in [0.25, 0.3) is 5.91 Å². The number of pyridine rings is 1. The molecule has 3 rings (SSSR count). The number of carbonyl (C=O) groups excluding carboxylic acids is 1. The first-order valence-electron chi connectivity index (χ1n) is 9.42. The predicted molar refractivity (Wildman–Crippen MR) is 98.6 cm³/mol. The highest BCUT2D eigenvalue weighted by Crippen LogP contribution is 2.45. The Hall–Kier alpha value is -2.58. The highest BCUT2D eigenvalue weighted by molar-refractivity contribution is 5.95. The van der Waals surface area contributed by atoms with Crippen LogP contribution in [0.25, 0.3) is 11.3 Å². The van der Waals surface area contributed by atoms with E-state index in [1.54, 1.807) is 13.0 Å². The number of alkyl halides is 6. The Balaban J connectivity index is 1.77. The Labute approximate surface area is 169 Å². The maximum atomic E-state index is 13.1. The summed E-state index contributed by atoms with van der Waals surface area (Å²) in [6, 6.07) is 11.0. The summed E-state index contributed by atoms with van der Waals surface area (Å²) in [7, 11) is 0. The summed E-state index contributed by atoms with van der Waals surface area (Å²) in [6.45, 7) is 1.57. The Morgan fingerprint density at radius 2 is 1.47 bits per heavy atom. The van der Waals surface area contributed by atoms with Crippen LogP contribution in [0.4, 0.5) is 26.3 Å². The van der Waals surface area contributed by atoms with Crippen molar-refractivity contribution in [2.24, 2.45) is 11.8 Å². The van der Waals surface area contributed by atoms with Crippen LogP contribution < -0.4 is 5.32 Å². The van der Waals surface area contributed by atoms with Gasteiger partial charge in [0, 0.05) is 11.6 Å². The summed E-state index contributed by atoms with van der Waals surface area (Å²) >= 11 is 0. The molecule has 0 bridgehead atoms. The first-order valence-corrected chi connectivity index (χ1v) is 9.42. The highest BCUT2D eigenvalue weighted by Gasteiger charge is 2.52. The Kier molecular flexibility index (Phi) is 6.10. The summed E-state index contributed by atoms with van der Waals surface area (Å²) in [5.41, 5.74) is 1.88. The van der Waals surface area contributed by atoms with E-state index in [2.05, 4.69) is 10.3 Å². The molecule has 9 heteroatoms. The Bertz CT molecular complexity index is 873. The first-order chi connectivity index (χ1) is 13.9. The third kappa shape index (κ3) is 5.12. The largest absolute Gasteiger partial charge is 0.391 e. The molecule has 0 spiro atoms. The van der Waals surface area contributed by atoms with Gasteiger partial charge in [-0.15, -0.1) is 0 Å². The minimum Gasteiger partial charge on any atom is -0.349 e. The van der Waals surface area contributed by atoms with Gasteiger partial charge in [0.05, 0.1) is 28.8 Å². The molecule has 2 atom stereocenters. The molecule has 162 valence electrons. The fraction of sp³-hybridized carbons (Fsp3) is 0.429. The quantitative estimate of drug-likeness (QED) is 0.635. The van der Waals surface area contributed by atoms with Crippen molar-refractivity contribution in [3.05, 3.63) is 53.7 Å². The van der Waals surface area contributed by atoms with Gasteiger partial charge >= 0.3 is 12.4 Å². The lowest BCUT2D eigenvalue weighted by atomic mass is 9.77. The van der Waals surface area contributed by atoms with Crippen molar-refractivity contribution in [1.29, 1.82) is 0 Å². The molecule has 1 heterocycles. The summed E-state index contributed by atoms with van der Waals surface area (Å²) in [5, 5.41) is 2.36. The molecule has 3 nitrogen and oxygen atoms in total. The van der Waals surface area contributed by atoms with E-state index in [1.165, 1.54) is 6.07 Å². The lowest BCUT2D eigenvalue weighted by molar-refractivity contribution is -0.225. The fourth-order valence-corrected chi connectivity index (χ4v) is 3.81. The molecule has 1 aliphatic rings. The molecule has 1 N–H and O–H groups in total. The number of benzene rings is 1. The minimum atomic E-state index is -4.75. The van der Waals surface area contributed by atoms with Crippen LogP contribution in [0.3, 0.4) is 0 Å². The summed E-state index contributed by atoms with van der Waals surface area (Å²) in [4.78, 5) is 16.9. The maximum absolute atomic E-state index is 13.1. The Morgan fingerprint density at radius 1 is 0.900 bits per heavy atom. The van der Waals surface area contributed by atoms with Gasteiger partial charge in [0.15, 0.2) is 0 Å². The van der Waals surface area contributed by atoms with Crippen LogP contribution in [-0.2, 0) is 0 Å². The Morgan fingerprint density at radius 3 is 1.97 bits per heavy atom. The number of hydrogen-bond donors (Lipinski definition) is 1. The van der Waals surface area contributed by atoms with Crippen molar-refractivity contribution in [3.8, 4) is 11.3 Å². The van der Waals surface area contributed by atoms with E-state index in [0.717, 1.165) is 5.56 Å².